The van der Waals surface area contributed by atoms with E-state index in [1.807, 2.05) is 19.1 Å². The minimum Gasteiger partial charge on any atom is -0.436 e. The molecule has 4 N–H and O–H groups in total. The van der Waals surface area contributed by atoms with Crippen LogP contribution < -0.4 is 11.5 Å². The molecule has 4 aromatic rings. The van der Waals surface area contributed by atoms with Gasteiger partial charge in [0.25, 0.3) is 0 Å². The molecule has 7 nitrogen and oxygen atoms in total. The molecule has 4 rings (SSSR count). The lowest BCUT2D eigenvalue weighted by Crippen LogP contribution is -1.94. The molecular weight excluding hydrogens is 340 g/mol. The molecule has 0 saturated carbocycles. The zero-order valence-corrected chi connectivity index (χ0v) is 13.9. The average molecular weight is 353 g/mol. The second-order valence-corrected chi connectivity index (χ2v) is 5.90. The van der Waals surface area contributed by atoms with E-state index >= 15 is 0 Å². The summed E-state index contributed by atoms with van der Waals surface area (Å²) in [5.74, 6) is 0.136. The van der Waals surface area contributed by atoms with E-state index in [2.05, 4.69) is 19.9 Å². The van der Waals surface area contributed by atoms with Gasteiger partial charge in [-0.05, 0) is 19.1 Å². The maximum atomic E-state index is 6.16. The fraction of sp³-hybridized carbons (Fsp3) is 0.0588. The molecule has 0 unspecified atom stereocenters. The van der Waals surface area contributed by atoms with Gasteiger partial charge in [-0.2, -0.15) is 0 Å². The van der Waals surface area contributed by atoms with Crippen molar-refractivity contribution in [1.29, 1.82) is 0 Å². The van der Waals surface area contributed by atoms with E-state index < -0.39 is 0 Å². The first-order valence-corrected chi connectivity index (χ1v) is 7.80. The van der Waals surface area contributed by atoms with Crippen LogP contribution in [0.15, 0.2) is 41.3 Å². The molecule has 8 heteroatoms. The smallest absolute Gasteiger partial charge is 0.215 e. The van der Waals surface area contributed by atoms with Crippen molar-refractivity contribution in [3.63, 3.8) is 0 Å². The van der Waals surface area contributed by atoms with Crippen LogP contribution in [0, 0.1) is 6.92 Å². The molecule has 124 valence electrons. The van der Waals surface area contributed by atoms with Gasteiger partial charge in [0, 0.05) is 35.3 Å². The number of fused-ring (bicyclic) bond motifs is 1. The Bertz CT molecular complexity index is 1110. The fourth-order valence-corrected chi connectivity index (χ4v) is 2.87. The van der Waals surface area contributed by atoms with Gasteiger partial charge < -0.3 is 15.9 Å². The predicted octanol–water partition coefficient (Wildman–Crippen LogP) is 3.47. The summed E-state index contributed by atoms with van der Waals surface area (Å²) in [5.41, 5.74) is 16.5. The summed E-state index contributed by atoms with van der Waals surface area (Å²) < 4.78 is 5.71. The molecule has 0 radical (unpaired) electrons. The number of halogens is 1. The summed E-state index contributed by atoms with van der Waals surface area (Å²) >= 11 is 5.98. The Hall–Kier alpha value is -3.19. The Labute approximate surface area is 147 Å². The number of hydrogen-bond donors (Lipinski definition) is 2. The summed E-state index contributed by atoms with van der Waals surface area (Å²) in [6.07, 6.45) is 4.77. The normalized spacial score (nSPS) is 11.1. The monoisotopic (exact) mass is 352 g/mol. The van der Waals surface area contributed by atoms with Crippen LogP contribution >= 0.6 is 11.6 Å². The van der Waals surface area contributed by atoms with Gasteiger partial charge >= 0.3 is 0 Å². The zero-order valence-electron chi connectivity index (χ0n) is 13.2. The van der Waals surface area contributed by atoms with E-state index in [-0.39, 0.29) is 5.88 Å². The highest BCUT2D eigenvalue weighted by Gasteiger charge is 2.20. The molecule has 4 aromatic heterocycles. The van der Waals surface area contributed by atoms with Crippen LogP contribution in [0.5, 0.6) is 0 Å². The van der Waals surface area contributed by atoms with Crippen LogP contribution in [-0.2, 0) is 0 Å². The van der Waals surface area contributed by atoms with Gasteiger partial charge in [-0.1, -0.05) is 11.6 Å². The van der Waals surface area contributed by atoms with Gasteiger partial charge in [-0.25, -0.2) is 9.97 Å². The van der Waals surface area contributed by atoms with E-state index in [4.69, 9.17) is 27.5 Å². The second-order valence-electron chi connectivity index (χ2n) is 5.52. The Morgan fingerprint density at radius 2 is 1.92 bits per heavy atom. The SMILES string of the molecule is Cc1cc(-c2ncc(-c3cc(Cl)ncn3)c3c(N)c(N)oc23)ccn1. The first-order chi connectivity index (χ1) is 12.0. The number of pyridine rings is 2. The number of nitrogen functional groups attached to an aromatic ring is 2. The molecule has 0 aliphatic rings. The van der Waals surface area contributed by atoms with E-state index in [0.29, 0.717) is 38.8 Å². The zero-order chi connectivity index (χ0) is 17.6. The standard InChI is InChI=1S/C17H13ClN6O/c1-8-4-9(2-3-21-8)15-16-13(14(19)17(20)25-16)10(6-22-15)11-5-12(18)24-7-23-11/h2-7H,19-20H2,1H3. The lowest BCUT2D eigenvalue weighted by atomic mass is 10.0. The van der Waals surface area contributed by atoms with Crippen molar-refractivity contribution in [2.75, 3.05) is 11.5 Å². The number of anilines is 2. The van der Waals surface area contributed by atoms with Crippen LogP contribution in [0.25, 0.3) is 33.5 Å². The topological polar surface area (TPSA) is 117 Å². The first kappa shape index (κ1) is 15.3. The number of furan rings is 1. The highest BCUT2D eigenvalue weighted by Crippen LogP contribution is 2.41. The summed E-state index contributed by atoms with van der Waals surface area (Å²) in [7, 11) is 0. The molecule has 0 spiro atoms. The van der Waals surface area contributed by atoms with Crippen LogP contribution in [0.1, 0.15) is 5.69 Å². The van der Waals surface area contributed by atoms with E-state index in [1.54, 1.807) is 18.5 Å². The molecule has 0 bridgehead atoms. The van der Waals surface area contributed by atoms with Gasteiger partial charge in [0.1, 0.15) is 22.9 Å². The van der Waals surface area contributed by atoms with E-state index in [9.17, 15) is 0 Å². The molecule has 0 saturated heterocycles. The van der Waals surface area contributed by atoms with Gasteiger partial charge in [0.05, 0.1) is 11.1 Å². The molecular formula is C17H13ClN6O. The third-order valence-corrected chi connectivity index (χ3v) is 4.07. The van der Waals surface area contributed by atoms with Crippen LogP contribution in [-0.4, -0.2) is 19.9 Å². The second kappa shape index (κ2) is 5.71. The fourth-order valence-electron chi connectivity index (χ4n) is 2.72. The van der Waals surface area contributed by atoms with Crippen LogP contribution in [0.4, 0.5) is 11.6 Å². The van der Waals surface area contributed by atoms with Crippen LogP contribution in [0.2, 0.25) is 5.15 Å². The van der Waals surface area contributed by atoms with Crippen molar-refractivity contribution in [2.45, 2.75) is 6.92 Å². The molecule has 0 fully saturated rings. The number of aromatic nitrogens is 4. The Balaban J connectivity index is 2.04. The van der Waals surface area contributed by atoms with Crippen molar-refractivity contribution in [2.24, 2.45) is 0 Å². The first-order valence-electron chi connectivity index (χ1n) is 7.42. The van der Waals surface area contributed by atoms with Gasteiger partial charge in [-0.15, -0.1) is 0 Å². The third-order valence-electron chi connectivity index (χ3n) is 3.86. The van der Waals surface area contributed by atoms with E-state index in [1.165, 1.54) is 6.33 Å². The number of nitrogens with zero attached hydrogens (tertiary/aromatic N) is 4. The minimum absolute atomic E-state index is 0.136. The van der Waals surface area contributed by atoms with Crippen molar-refractivity contribution in [3.8, 4) is 22.5 Å². The summed E-state index contributed by atoms with van der Waals surface area (Å²) in [6, 6.07) is 5.40. The maximum absolute atomic E-state index is 6.16. The minimum atomic E-state index is 0.136. The van der Waals surface area contributed by atoms with Crippen molar-refractivity contribution >= 4 is 34.1 Å². The molecule has 25 heavy (non-hydrogen) atoms. The Morgan fingerprint density at radius 3 is 2.68 bits per heavy atom. The highest BCUT2D eigenvalue weighted by molar-refractivity contribution is 6.29. The Kier molecular flexibility index (Phi) is 3.51. The number of hydrogen-bond acceptors (Lipinski definition) is 7. The van der Waals surface area contributed by atoms with Gasteiger partial charge in [-0.3, -0.25) is 9.97 Å². The van der Waals surface area contributed by atoms with E-state index in [0.717, 1.165) is 11.3 Å². The number of rotatable bonds is 2. The van der Waals surface area contributed by atoms with Crippen molar-refractivity contribution in [1.82, 2.24) is 19.9 Å². The molecule has 0 atom stereocenters. The molecule has 4 heterocycles. The molecule has 0 aromatic carbocycles. The van der Waals surface area contributed by atoms with Crippen molar-refractivity contribution < 1.29 is 4.42 Å². The summed E-state index contributed by atoms with van der Waals surface area (Å²) in [6.45, 7) is 1.91. The predicted molar refractivity (Wildman–Crippen MR) is 96.8 cm³/mol. The average Bonchev–Trinajstić information content (AvgIpc) is 2.89. The highest BCUT2D eigenvalue weighted by atomic mass is 35.5. The van der Waals surface area contributed by atoms with Gasteiger partial charge in [0.2, 0.25) is 5.88 Å². The molecule has 0 amide bonds. The lowest BCUT2D eigenvalue weighted by Gasteiger charge is -2.07. The molecule has 0 aliphatic heterocycles. The van der Waals surface area contributed by atoms with Crippen molar-refractivity contribution in [3.05, 3.63) is 47.8 Å². The maximum Gasteiger partial charge on any atom is 0.215 e. The Morgan fingerprint density at radius 1 is 1.08 bits per heavy atom. The number of nitrogens with two attached hydrogens (primary N) is 2. The summed E-state index contributed by atoms with van der Waals surface area (Å²) in [4.78, 5) is 16.9. The largest absolute Gasteiger partial charge is 0.436 e. The molecule has 0 aliphatic carbocycles. The summed E-state index contributed by atoms with van der Waals surface area (Å²) in [5, 5.41) is 0.966. The lowest BCUT2D eigenvalue weighted by molar-refractivity contribution is 0.638. The van der Waals surface area contributed by atoms with Gasteiger partial charge in [0.15, 0.2) is 5.58 Å². The van der Waals surface area contributed by atoms with Crippen LogP contribution in [0.3, 0.4) is 0 Å². The third kappa shape index (κ3) is 2.54. The quantitative estimate of drug-likeness (QED) is 0.530. The number of aryl methyl sites for hydroxylation is 1.